The van der Waals surface area contributed by atoms with E-state index in [1.54, 1.807) is 0 Å². The molecule has 19 heavy (non-hydrogen) atoms. The first-order chi connectivity index (χ1) is 9.22. The SMILES string of the molecule is CN(CC1CCCCO1)c1cc(N)nc(C2CC2)n1. The fourth-order valence-electron chi connectivity index (χ4n) is 2.54. The summed E-state index contributed by atoms with van der Waals surface area (Å²) in [5.41, 5.74) is 5.89. The van der Waals surface area contributed by atoms with Crippen molar-refractivity contribution in [2.75, 3.05) is 30.8 Å². The summed E-state index contributed by atoms with van der Waals surface area (Å²) in [6, 6.07) is 1.86. The van der Waals surface area contributed by atoms with Gasteiger partial charge in [0.2, 0.25) is 0 Å². The fraction of sp³-hybridized carbons (Fsp3) is 0.714. The van der Waals surface area contributed by atoms with Crippen molar-refractivity contribution in [3.05, 3.63) is 11.9 Å². The number of ether oxygens (including phenoxy) is 1. The van der Waals surface area contributed by atoms with Crippen molar-refractivity contribution in [1.29, 1.82) is 0 Å². The third kappa shape index (κ3) is 3.15. The summed E-state index contributed by atoms with van der Waals surface area (Å²) in [6.45, 7) is 1.76. The Hall–Kier alpha value is -1.36. The first-order valence-corrected chi connectivity index (χ1v) is 7.19. The van der Waals surface area contributed by atoms with Crippen LogP contribution in [0.4, 0.5) is 11.6 Å². The number of likely N-dealkylation sites (N-methyl/N-ethyl adjacent to an activating group) is 1. The second-order valence-corrected chi connectivity index (χ2v) is 5.65. The Labute approximate surface area is 114 Å². The number of anilines is 2. The molecule has 2 fully saturated rings. The molecule has 3 rings (SSSR count). The van der Waals surface area contributed by atoms with Crippen LogP contribution in [0.15, 0.2) is 6.07 Å². The van der Waals surface area contributed by atoms with Crippen molar-refractivity contribution in [3.8, 4) is 0 Å². The lowest BCUT2D eigenvalue weighted by molar-refractivity contribution is 0.0215. The quantitative estimate of drug-likeness (QED) is 0.898. The molecule has 2 N–H and O–H groups in total. The molecule has 1 saturated heterocycles. The number of hydrogen-bond acceptors (Lipinski definition) is 5. The highest BCUT2D eigenvalue weighted by Crippen LogP contribution is 2.38. The maximum atomic E-state index is 5.89. The van der Waals surface area contributed by atoms with Gasteiger partial charge in [-0.1, -0.05) is 0 Å². The molecular weight excluding hydrogens is 240 g/mol. The third-order valence-electron chi connectivity index (χ3n) is 3.83. The molecule has 104 valence electrons. The molecule has 1 atom stereocenters. The van der Waals surface area contributed by atoms with Crippen molar-refractivity contribution in [3.63, 3.8) is 0 Å². The van der Waals surface area contributed by atoms with Gasteiger partial charge in [-0.2, -0.15) is 0 Å². The van der Waals surface area contributed by atoms with Gasteiger partial charge in [0, 0.05) is 32.2 Å². The minimum Gasteiger partial charge on any atom is -0.384 e. The van der Waals surface area contributed by atoms with Crippen LogP contribution in [0.25, 0.3) is 0 Å². The molecule has 0 amide bonds. The van der Waals surface area contributed by atoms with E-state index in [1.165, 1.54) is 25.7 Å². The minimum absolute atomic E-state index is 0.319. The van der Waals surface area contributed by atoms with Gasteiger partial charge in [-0.05, 0) is 32.1 Å². The number of rotatable bonds is 4. The van der Waals surface area contributed by atoms with Crippen LogP contribution in [0, 0.1) is 0 Å². The normalized spacial score (nSPS) is 23.3. The number of aromatic nitrogens is 2. The number of hydrogen-bond donors (Lipinski definition) is 1. The average molecular weight is 262 g/mol. The Morgan fingerprint density at radius 2 is 2.16 bits per heavy atom. The standard InChI is InChI=1S/C14H22N4O/c1-18(9-11-4-2-3-7-19-11)13-8-12(15)16-14(17-13)10-5-6-10/h8,10-11H,2-7,9H2,1H3,(H2,15,16,17). The summed E-state index contributed by atoms with van der Waals surface area (Å²) in [5, 5.41) is 0. The lowest BCUT2D eigenvalue weighted by Crippen LogP contribution is -2.34. The van der Waals surface area contributed by atoms with Crippen LogP contribution < -0.4 is 10.6 Å². The van der Waals surface area contributed by atoms with E-state index in [9.17, 15) is 0 Å². The van der Waals surface area contributed by atoms with Crippen LogP contribution in [-0.4, -0.2) is 36.3 Å². The van der Waals surface area contributed by atoms with E-state index in [1.807, 2.05) is 6.07 Å². The Morgan fingerprint density at radius 3 is 2.84 bits per heavy atom. The van der Waals surface area contributed by atoms with Gasteiger partial charge in [-0.15, -0.1) is 0 Å². The van der Waals surface area contributed by atoms with Crippen molar-refractivity contribution >= 4 is 11.6 Å². The topological polar surface area (TPSA) is 64.3 Å². The molecule has 5 nitrogen and oxygen atoms in total. The second kappa shape index (κ2) is 5.33. The first kappa shape index (κ1) is 12.7. The molecule has 1 aromatic heterocycles. The molecular formula is C14H22N4O. The van der Waals surface area contributed by atoms with Crippen molar-refractivity contribution in [1.82, 2.24) is 9.97 Å². The van der Waals surface area contributed by atoms with Crippen LogP contribution in [0.3, 0.4) is 0 Å². The smallest absolute Gasteiger partial charge is 0.136 e. The Morgan fingerprint density at radius 1 is 1.32 bits per heavy atom. The summed E-state index contributed by atoms with van der Waals surface area (Å²) in [6.07, 6.45) is 6.29. The van der Waals surface area contributed by atoms with Gasteiger partial charge in [-0.25, -0.2) is 9.97 Å². The highest BCUT2D eigenvalue weighted by Gasteiger charge is 2.27. The maximum Gasteiger partial charge on any atom is 0.136 e. The summed E-state index contributed by atoms with van der Waals surface area (Å²) in [7, 11) is 2.05. The van der Waals surface area contributed by atoms with E-state index in [-0.39, 0.29) is 0 Å². The monoisotopic (exact) mass is 262 g/mol. The highest BCUT2D eigenvalue weighted by atomic mass is 16.5. The highest BCUT2D eigenvalue weighted by molar-refractivity contribution is 5.47. The van der Waals surface area contributed by atoms with E-state index in [4.69, 9.17) is 10.5 Å². The zero-order valence-corrected chi connectivity index (χ0v) is 11.5. The van der Waals surface area contributed by atoms with E-state index in [2.05, 4.69) is 21.9 Å². The Kier molecular flexibility index (Phi) is 3.55. The van der Waals surface area contributed by atoms with E-state index in [0.29, 0.717) is 17.8 Å². The largest absolute Gasteiger partial charge is 0.384 e. The third-order valence-corrected chi connectivity index (χ3v) is 3.83. The molecule has 0 spiro atoms. The fourth-order valence-corrected chi connectivity index (χ4v) is 2.54. The Bertz CT molecular complexity index is 441. The van der Waals surface area contributed by atoms with Gasteiger partial charge in [0.05, 0.1) is 6.10 Å². The van der Waals surface area contributed by atoms with E-state index >= 15 is 0 Å². The lowest BCUT2D eigenvalue weighted by Gasteiger charge is -2.28. The number of nitrogens with zero attached hydrogens (tertiary/aromatic N) is 3. The number of nitrogens with two attached hydrogens (primary N) is 1. The molecule has 5 heteroatoms. The zero-order valence-electron chi connectivity index (χ0n) is 11.5. The minimum atomic E-state index is 0.319. The molecule has 2 aliphatic rings. The summed E-state index contributed by atoms with van der Waals surface area (Å²) < 4.78 is 5.77. The summed E-state index contributed by atoms with van der Waals surface area (Å²) in [4.78, 5) is 11.1. The predicted molar refractivity (Wildman–Crippen MR) is 75.3 cm³/mol. The van der Waals surface area contributed by atoms with Gasteiger partial charge < -0.3 is 15.4 Å². The van der Waals surface area contributed by atoms with Crippen LogP contribution in [-0.2, 0) is 4.74 Å². The molecule has 0 radical (unpaired) electrons. The molecule has 1 aliphatic carbocycles. The van der Waals surface area contributed by atoms with Crippen LogP contribution in [0.1, 0.15) is 43.8 Å². The maximum absolute atomic E-state index is 5.89. The predicted octanol–water partition coefficient (Wildman–Crippen LogP) is 1.94. The van der Waals surface area contributed by atoms with Gasteiger partial charge >= 0.3 is 0 Å². The van der Waals surface area contributed by atoms with Crippen molar-refractivity contribution in [2.24, 2.45) is 0 Å². The molecule has 2 heterocycles. The first-order valence-electron chi connectivity index (χ1n) is 7.19. The average Bonchev–Trinajstić information content (AvgIpc) is 3.23. The molecule has 0 aromatic carbocycles. The van der Waals surface area contributed by atoms with Crippen LogP contribution >= 0.6 is 0 Å². The van der Waals surface area contributed by atoms with Gasteiger partial charge in [0.1, 0.15) is 17.5 Å². The molecule has 1 aromatic rings. The molecule has 1 aliphatic heterocycles. The molecule has 0 bridgehead atoms. The Balaban J connectivity index is 1.69. The zero-order chi connectivity index (χ0) is 13.2. The van der Waals surface area contributed by atoms with E-state index in [0.717, 1.165) is 31.2 Å². The van der Waals surface area contributed by atoms with Crippen LogP contribution in [0.2, 0.25) is 0 Å². The molecule has 1 saturated carbocycles. The van der Waals surface area contributed by atoms with E-state index < -0.39 is 0 Å². The second-order valence-electron chi connectivity index (χ2n) is 5.65. The lowest BCUT2D eigenvalue weighted by atomic mass is 10.1. The van der Waals surface area contributed by atoms with Gasteiger partial charge in [0.15, 0.2) is 0 Å². The molecule has 1 unspecified atom stereocenters. The van der Waals surface area contributed by atoms with Crippen LogP contribution in [0.5, 0.6) is 0 Å². The number of nitrogen functional groups attached to an aromatic ring is 1. The summed E-state index contributed by atoms with van der Waals surface area (Å²) >= 11 is 0. The van der Waals surface area contributed by atoms with Crippen molar-refractivity contribution < 1.29 is 4.74 Å². The summed E-state index contributed by atoms with van der Waals surface area (Å²) in [5.74, 6) is 2.93. The van der Waals surface area contributed by atoms with Gasteiger partial charge in [-0.3, -0.25) is 0 Å². The van der Waals surface area contributed by atoms with Crippen molar-refractivity contribution in [2.45, 2.75) is 44.1 Å². The van der Waals surface area contributed by atoms with Gasteiger partial charge in [0.25, 0.3) is 0 Å².